The maximum absolute atomic E-state index is 11.6. The van der Waals surface area contributed by atoms with E-state index in [0.717, 1.165) is 22.5 Å². The molecule has 0 aliphatic heterocycles. The van der Waals surface area contributed by atoms with Crippen LogP contribution in [0, 0.1) is 12.1 Å². The largest absolute Gasteiger partial charge is 0.711 e. The van der Waals surface area contributed by atoms with Crippen molar-refractivity contribution in [2.45, 2.75) is 40.0 Å². The third kappa shape index (κ3) is 1.97. The van der Waals surface area contributed by atoms with Crippen LogP contribution in [0.1, 0.15) is 43.9 Å². The van der Waals surface area contributed by atoms with Crippen molar-refractivity contribution >= 4 is 0 Å². The van der Waals surface area contributed by atoms with Crippen LogP contribution in [0.5, 0.6) is 0 Å². The average Bonchev–Trinajstić information content (AvgIpc) is 2.08. The first-order valence-corrected chi connectivity index (χ1v) is 4.66. The summed E-state index contributed by atoms with van der Waals surface area (Å²) in [7, 11) is 0. The van der Waals surface area contributed by atoms with Crippen LogP contribution < -0.4 is 4.73 Å². The zero-order chi connectivity index (χ0) is 10.0. The summed E-state index contributed by atoms with van der Waals surface area (Å²) in [4.78, 5) is 4.23. The van der Waals surface area contributed by atoms with E-state index in [1.807, 2.05) is 33.8 Å². The molecule has 0 saturated heterocycles. The maximum Gasteiger partial charge on any atom is 0.304 e. The SMILES string of the molecule is CCc1cc(C)nc(C(C)C)[n+]1[O-]. The minimum atomic E-state index is 0.183. The zero-order valence-electron chi connectivity index (χ0n) is 8.66. The molecule has 0 aromatic carbocycles. The molecular weight excluding hydrogens is 164 g/mol. The van der Waals surface area contributed by atoms with Gasteiger partial charge in [-0.15, -0.1) is 0 Å². The molecule has 1 aromatic rings. The molecule has 0 amide bonds. The van der Waals surface area contributed by atoms with Gasteiger partial charge < -0.3 is 5.21 Å². The van der Waals surface area contributed by atoms with Gasteiger partial charge in [0.05, 0.1) is 5.92 Å². The normalized spacial score (nSPS) is 10.8. The molecule has 0 radical (unpaired) electrons. The smallest absolute Gasteiger partial charge is 0.304 e. The van der Waals surface area contributed by atoms with E-state index >= 15 is 0 Å². The van der Waals surface area contributed by atoms with Crippen molar-refractivity contribution in [3.05, 3.63) is 28.5 Å². The lowest BCUT2D eigenvalue weighted by Crippen LogP contribution is -2.38. The molecule has 72 valence electrons. The third-order valence-corrected chi connectivity index (χ3v) is 2.01. The molecule has 3 heteroatoms. The fourth-order valence-corrected chi connectivity index (χ4v) is 1.31. The predicted octanol–water partition coefficient (Wildman–Crippen LogP) is 1.71. The Morgan fingerprint density at radius 2 is 2.15 bits per heavy atom. The number of nitrogens with zero attached hydrogens (tertiary/aromatic N) is 2. The standard InChI is InChI=1S/C10H16N2O/c1-5-9-6-8(4)11-10(7(2)3)12(9)13/h6-7H,5H2,1-4H3. The van der Waals surface area contributed by atoms with Gasteiger partial charge in [-0.3, -0.25) is 0 Å². The molecule has 0 fully saturated rings. The number of aromatic nitrogens is 2. The summed E-state index contributed by atoms with van der Waals surface area (Å²) in [5.41, 5.74) is 1.73. The molecule has 0 aliphatic rings. The first-order chi connectivity index (χ1) is 6.06. The van der Waals surface area contributed by atoms with E-state index < -0.39 is 0 Å². The fourth-order valence-electron chi connectivity index (χ4n) is 1.31. The van der Waals surface area contributed by atoms with E-state index in [1.54, 1.807) is 0 Å². The highest BCUT2D eigenvalue weighted by atomic mass is 16.5. The summed E-state index contributed by atoms with van der Waals surface area (Å²) < 4.78 is 0.956. The van der Waals surface area contributed by atoms with Crippen LogP contribution in [0.2, 0.25) is 0 Å². The molecule has 0 aliphatic carbocycles. The quantitative estimate of drug-likeness (QED) is 0.513. The van der Waals surface area contributed by atoms with Crippen molar-refractivity contribution < 1.29 is 4.73 Å². The van der Waals surface area contributed by atoms with Crippen molar-refractivity contribution in [1.82, 2.24) is 4.98 Å². The zero-order valence-corrected chi connectivity index (χ0v) is 8.66. The second-order valence-electron chi connectivity index (χ2n) is 3.55. The second-order valence-corrected chi connectivity index (χ2v) is 3.55. The Morgan fingerprint density at radius 1 is 1.54 bits per heavy atom. The fraction of sp³-hybridized carbons (Fsp3) is 0.600. The lowest BCUT2D eigenvalue weighted by molar-refractivity contribution is -0.627. The molecule has 3 nitrogen and oxygen atoms in total. The van der Waals surface area contributed by atoms with Crippen LogP contribution in [-0.4, -0.2) is 4.98 Å². The van der Waals surface area contributed by atoms with Gasteiger partial charge in [-0.25, -0.2) is 4.73 Å². The third-order valence-electron chi connectivity index (χ3n) is 2.01. The first-order valence-electron chi connectivity index (χ1n) is 4.66. The van der Waals surface area contributed by atoms with Gasteiger partial charge in [-0.05, 0) is 0 Å². The minimum absolute atomic E-state index is 0.183. The number of hydrogen-bond acceptors (Lipinski definition) is 2. The van der Waals surface area contributed by atoms with E-state index in [1.165, 1.54) is 0 Å². The van der Waals surface area contributed by atoms with Gasteiger partial charge in [-0.1, -0.05) is 25.8 Å². The molecule has 0 saturated carbocycles. The summed E-state index contributed by atoms with van der Waals surface area (Å²) in [6, 6.07) is 1.85. The molecule has 0 atom stereocenters. The highest BCUT2D eigenvalue weighted by Gasteiger charge is 2.16. The predicted molar refractivity (Wildman–Crippen MR) is 51.4 cm³/mol. The number of rotatable bonds is 2. The number of aryl methyl sites for hydroxylation is 2. The van der Waals surface area contributed by atoms with E-state index in [2.05, 4.69) is 4.98 Å². The summed E-state index contributed by atoms with van der Waals surface area (Å²) in [5, 5.41) is 11.6. The van der Waals surface area contributed by atoms with Crippen molar-refractivity contribution in [3.8, 4) is 0 Å². The van der Waals surface area contributed by atoms with Crippen LogP contribution in [0.3, 0.4) is 0 Å². The van der Waals surface area contributed by atoms with Gasteiger partial charge >= 0.3 is 5.82 Å². The topological polar surface area (TPSA) is 39.8 Å². The van der Waals surface area contributed by atoms with Crippen molar-refractivity contribution in [1.29, 1.82) is 0 Å². The Labute approximate surface area is 79.0 Å². The maximum atomic E-state index is 11.6. The van der Waals surface area contributed by atoms with Crippen LogP contribution in [0.15, 0.2) is 6.07 Å². The molecule has 0 bridgehead atoms. The van der Waals surface area contributed by atoms with Gasteiger partial charge in [0.2, 0.25) is 0 Å². The Kier molecular flexibility index (Phi) is 2.86. The van der Waals surface area contributed by atoms with Crippen LogP contribution in [0.4, 0.5) is 0 Å². The van der Waals surface area contributed by atoms with Crippen molar-refractivity contribution in [3.63, 3.8) is 0 Å². The van der Waals surface area contributed by atoms with Crippen LogP contribution >= 0.6 is 0 Å². The molecule has 13 heavy (non-hydrogen) atoms. The lowest BCUT2D eigenvalue weighted by Gasteiger charge is -2.12. The highest BCUT2D eigenvalue weighted by molar-refractivity contribution is 5.05. The molecule has 1 heterocycles. The Balaban J connectivity index is 3.27. The molecule has 0 spiro atoms. The van der Waals surface area contributed by atoms with Crippen molar-refractivity contribution in [2.24, 2.45) is 0 Å². The van der Waals surface area contributed by atoms with E-state index in [0.29, 0.717) is 5.82 Å². The van der Waals surface area contributed by atoms with E-state index in [4.69, 9.17) is 0 Å². The summed E-state index contributed by atoms with van der Waals surface area (Å²) in [5.74, 6) is 0.805. The van der Waals surface area contributed by atoms with Gasteiger partial charge in [0.15, 0.2) is 5.69 Å². The monoisotopic (exact) mass is 180 g/mol. The summed E-state index contributed by atoms with van der Waals surface area (Å²) >= 11 is 0. The van der Waals surface area contributed by atoms with Crippen molar-refractivity contribution in [2.75, 3.05) is 0 Å². The average molecular weight is 180 g/mol. The van der Waals surface area contributed by atoms with Gasteiger partial charge in [0.1, 0.15) is 5.69 Å². The lowest BCUT2D eigenvalue weighted by atomic mass is 10.2. The van der Waals surface area contributed by atoms with Crippen LogP contribution in [0.25, 0.3) is 0 Å². The molecular formula is C10H16N2O. The second kappa shape index (κ2) is 3.73. The molecule has 0 unspecified atom stereocenters. The van der Waals surface area contributed by atoms with E-state index in [-0.39, 0.29) is 5.92 Å². The summed E-state index contributed by atoms with van der Waals surface area (Å²) in [6.45, 7) is 7.86. The number of hydrogen-bond donors (Lipinski definition) is 0. The molecule has 1 rings (SSSR count). The van der Waals surface area contributed by atoms with Gasteiger partial charge in [0.25, 0.3) is 0 Å². The summed E-state index contributed by atoms with van der Waals surface area (Å²) in [6.07, 6.45) is 0.757. The molecule has 0 N–H and O–H groups in total. The van der Waals surface area contributed by atoms with Gasteiger partial charge in [-0.2, -0.15) is 0 Å². The Hall–Kier alpha value is -1.12. The van der Waals surface area contributed by atoms with Gasteiger partial charge in [0, 0.05) is 19.4 Å². The Bertz CT molecular complexity index is 308. The van der Waals surface area contributed by atoms with E-state index in [9.17, 15) is 5.21 Å². The first kappa shape index (κ1) is 9.96. The highest BCUT2D eigenvalue weighted by Crippen LogP contribution is 2.08. The molecule has 1 aromatic heterocycles. The van der Waals surface area contributed by atoms with Crippen LogP contribution in [-0.2, 0) is 6.42 Å². The Morgan fingerprint density at radius 3 is 2.62 bits per heavy atom. The minimum Gasteiger partial charge on any atom is -0.711 e.